The number of allylic oxidation sites excluding steroid dienone is 1. The summed E-state index contributed by atoms with van der Waals surface area (Å²) in [6.07, 6.45) is 7.28. The van der Waals surface area contributed by atoms with Crippen LogP contribution in [0.4, 0.5) is 0 Å². The lowest BCUT2D eigenvalue weighted by Crippen LogP contribution is -2.51. The van der Waals surface area contributed by atoms with Crippen molar-refractivity contribution < 1.29 is 9.47 Å². The van der Waals surface area contributed by atoms with Crippen LogP contribution in [0.1, 0.15) is 6.92 Å². The molecule has 14 heavy (non-hydrogen) atoms. The lowest BCUT2D eigenvalue weighted by molar-refractivity contribution is -0.00317. The molecule has 0 radical (unpaired) electrons. The van der Waals surface area contributed by atoms with Crippen LogP contribution in [0, 0.1) is 12.3 Å². The number of rotatable bonds is 3. The highest BCUT2D eigenvalue weighted by molar-refractivity contribution is 5.30. The van der Waals surface area contributed by atoms with Gasteiger partial charge in [-0.2, -0.15) is 0 Å². The van der Waals surface area contributed by atoms with Crippen molar-refractivity contribution in [3.8, 4) is 12.3 Å². The van der Waals surface area contributed by atoms with E-state index in [4.69, 9.17) is 15.9 Å². The van der Waals surface area contributed by atoms with Crippen LogP contribution in [0.2, 0.25) is 0 Å². The fraction of sp³-hybridized carbons (Fsp3) is 0.636. The van der Waals surface area contributed by atoms with E-state index in [0.29, 0.717) is 13.2 Å². The Morgan fingerprint density at radius 1 is 1.79 bits per heavy atom. The van der Waals surface area contributed by atoms with Crippen molar-refractivity contribution in [1.29, 1.82) is 0 Å². The molecule has 3 heteroatoms. The third kappa shape index (κ3) is 2.58. The van der Waals surface area contributed by atoms with Gasteiger partial charge in [0.15, 0.2) is 0 Å². The number of ether oxygens (including phenoxy) is 2. The quantitative estimate of drug-likeness (QED) is 0.668. The van der Waals surface area contributed by atoms with Crippen LogP contribution in [0.15, 0.2) is 11.6 Å². The van der Waals surface area contributed by atoms with Gasteiger partial charge in [0.2, 0.25) is 0 Å². The summed E-state index contributed by atoms with van der Waals surface area (Å²) in [6.45, 7) is 4.09. The molecule has 1 fully saturated rings. The minimum absolute atomic E-state index is 0.0429. The average Bonchev–Trinajstić information content (AvgIpc) is 2.23. The molecule has 0 aromatic rings. The molecule has 1 saturated heterocycles. The summed E-state index contributed by atoms with van der Waals surface area (Å²) in [5.41, 5.74) is 0.888. The molecule has 1 heterocycles. The summed E-state index contributed by atoms with van der Waals surface area (Å²) in [7, 11) is 1.68. The molecule has 0 aliphatic carbocycles. The van der Waals surface area contributed by atoms with Gasteiger partial charge in [0, 0.05) is 19.2 Å². The highest BCUT2D eigenvalue weighted by Crippen LogP contribution is 2.14. The van der Waals surface area contributed by atoms with Gasteiger partial charge >= 0.3 is 0 Å². The Labute approximate surface area is 85.5 Å². The van der Waals surface area contributed by atoms with Crippen molar-refractivity contribution >= 4 is 0 Å². The second-order valence-corrected chi connectivity index (χ2v) is 3.20. The second-order valence-electron chi connectivity index (χ2n) is 3.20. The first-order valence-corrected chi connectivity index (χ1v) is 4.80. The van der Waals surface area contributed by atoms with Crippen molar-refractivity contribution in [3.63, 3.8) is 0 Å². The molecule has 1 unspecified atom stereocenters. The molecule has 1 aliphatic heterocycles. The minimum Gasteiger partial charge on any atom is -0.383 e. The molecule has 0 aromatic carbocycles. The summed E-state index contributed by atoms with van der Waals surface area (Å²) in [5.74, 6) is 2.65. The van der Waals surface area contributed by atoms with Crippen molar-refractivity contribution in [1.82, 2.24) is 5.32 Å². The summed E-state index contributed by atoms with van der Waals surface area (Å²) in [6, 6.07) is 0.163. The Hall–Kier alpha value is -0.820. The molecular formula is C11H17NO2. The minimum atomic E-state index is -0.0429. The summed E-state index contributed by atoms with van der Waals surface area (Å²) in [5, 5.41) is 3.33. The van der Waals surface area contributed by atoms with Gasteiger partial charge < -0.3 is 14.8 Å². The van der Waals surface area contributed by atoms with E-state index in [2.05, 4.69) is 11.2 Å². The van der Waals surface area contributed by atoms with E-state index in [1.165, 1.54) is 0 Å². The second kappa shape index (κ2) is 5.82. The van der Waals surface area contributed by atoms with Crippen LogP contribution in [-0.4, -0.2) is 39.0 Å². The van der Waals surface area contributed by atoms with Gasteiger partial charge in [-0.25, -0.2) is 0 Å². The fourth-order valence-electron chi connectivity index (χ4n) is 1.62. The van der Waals surface area contributed by atoms with E-state index in [1.807, 2.05) is 13.0 Å². The lowest BCUT2D eigenvalue weighted by atomic mass is 10.0. The van der Waals surface area contributed by atoms with E-state index in [0.717, 1.165) is 12.1 Å². The number of methoxy groups -OCH3 is 1. The molecule has 2 atom stereocenters. The van der Waals surface area contributed by atoms with Gasteiger partial charge in [-0.1, -0.05) is 12.0 Å². The van der Waals surface area contributed by atoms with Gasteiger partial charge in [-0.15, -0.1) is 6.42 Å². The Morgan fingerprint density at radius 2 is 2.57 bits per heavy atom. The van der Waals surface area contributed by atoms with E-state index >= 15 is 0 Å². The lowest BCUT2D eigenvalue weighted by Gasteiger charge is -2.32. The largest absolute Gasteiger partial charge is 0.383 e. The third-order valence-electron chi connectivity index (χ3n) is 2.30. The fourth-order valence-corrected chi connectivity index (χ4v) is 1.62. The number of hydrogen-bond donors (Lipinski definition) is 1. The Morgan fingerprint density at radius 3 is 3.14 bits per heavy atom. The zero-order valence-corrected chi connectivity index (χ0v) is 8.75. The van der Waals surface area contributed by atoms with Gasteiger partial charge in [-0.05, 0) is 6.92 Å². The van der Waals surface area contributed by atoms with E-state index in [9.17, 15) is 0 Å². The molecule has 0 saturated carbocycles. The maximum absolute atomic E-state index is 5.63. The van der Waals surface area contributed by atoms with E-state index in [-0.39, 0.29) is 12.1 Å². The van der Waals surface area contributed by atoms with Crippen LogP contribution in [0.5, 0.6) is 0 Å². The molecule has 0 spiro atoms. The predicted molar refractivity (Wildman–Crippen MR) is 56.0 cm³/mol. The Bertz CT molecular complexity index is 240. The number of hydrogen-bond acceptors (Lipinski definition) is 3. The van der Waals surface area contributed by atoms with Gasteiger partial charge in [0.05, 0.1) is 19.3 Å². The molecule has 1 N–H and O–H groups in total. The molecule has 0 aromatic heterocycles. The van der Waals surface area contributed by atoms with Gasteiger partial charge in [0.1, 0.15) is 6.10 Å². The smallest absolute Gasteiger partial charge is 0.107 e. The predicted octanol–water partition coefficient (Wildman–Crippen LogP) is 0.569. The first-order chi connectivity index (χ1) is 6.83. The summed E-state index contributed by atoms with van der Waals surface area (Å²) < 4.78 is 10.7. The van der Waals surface area contributed by atoms with Crippen molar-refractivity contribution in [3.05, 3.63) is 11.6 Å². The van der Waals surface area contributed by atoms with Crippen LogP contribution in [0.25, 0.3) is 0 Å². The monoisotopic (exact) mass is 195 g/mol. The molecule has 1 aliphatic rings. The molecule has 0 bridgehead atoms. The van der Waals surface area contributed by atoms with Gasteiger partial charge in [0.25, 0.3) is 0 Å². The number of terminal acetylenes is 1. The van der Waals surface area contributed by atoms with Crippen LogP contribution in [0.3, 0.4) is 0 Å². The zero-order chi connectivity index (χ0) is 10.4. The maximum atomic E-state index is 5.63. The first kappa shape index (κ1) is 11.3. The molecule has 1 rings (SSSR count). The zero-order valence-electron chi connectivity index (χ0n) is 8.75. The Kier molecular flexibility index (Phi) is 4.68. The standard InChI is InChI=1S/C11H17NO2/c1-4-9(5-2)11-10(8-13-3)12-6-7-14-11/h1,5,10-12H,6-8H2,2-3H3/b9-5+/t10-,11?/m1/s1. The van der Waals surface area contributed by atoms with Crippen molar-refractivity contribution in [2.24, 2.45) is 0 Å². The average molecular weight is 195 g/mol. The van der Waals surface area contributed by atoms with Crippen LogP contribution in [-0.2, 0) is 9.47 Å². The van der Waals surface area contributed by atoms with E-state index < -0.39 is 0 Å². The van der Waals surface area contributed by atoms with Crippen LogP contribution < -0.4 is 5.32 Å². The molecule has 0 amide bonds. The third-order valence-corrected chi connectivity index (χ3v) is 2.30. The van der Waals surface area contributed by atoms with E-state index in [1.54, 1.807) is 7.11 Å². The topological polar surface area (TPSA) is 30.5 Å². The van der Waals surface area contributed by atoms with Crippen LogP contribution >= 0.6 is 0 Å². The highest BCUT2D eigenvalue weighted by atomic mass is 16.5. The first-order valence-electron chi connectivity index (χ1n) is 4.80. The summed E-state index contributed by atoms with van der Waals surface area (Å²) >= 11 is 0. The number of morpholine rings is 1. The Balaban J connectivity index is 2.67. The maximum Gasteiger partial charge on any atom is 0.107 e. The van der Waals surface area contributed by atoms with Gasteiger partial charge in [-0.3, -0.25) is 0 Å². The van der Waals surface area contributed by atoms with Crippen molar-refractivity contribution in [2.75, 3.05) is 26.9 Å². The van der Waals surface area contributed by atoms with Crippen molar-refractivity contribution in [2.45, 2.75) is 19.1 Å². The molecule has 78 valence electrons. The highest BCUT2D eigenvalue weighted by Gasteiger charge is 2.27. The normalized spacial score (nSPS) is 28.5. The number of nitrogens with one attached hydrogen (secondary N) is 1. The molecule has 3 nitrogen and oxygen atoms in total. The SMILES string of the molecule is C#C/C(=C\C)C1OCCN[C@@H]1COC. The molecular weight excluding hydrogens is 178 g/mol. The summed E-state index contributed by atoms with van der Waals surface area (Å²) in [4.78, 5) is 0.